The predicted molar refractivity (Wildman–Crippen MR) is 103 cm³/mol. The van der Waals surface area contributed by atoms with E-state index in [4.69, 9.17) is 4.42 Å². The van der Waals surface area contributed by atoms with Crippen molar-refractivity contribution in [3.8, 4) is 0 Å². The predicted octanol–water partition coefficient (Wildman–Crippen LogP) is 4.08. The van der Waals surface area contributed by atoms with E-state index in [1.807, 2.05) is 6.07 Å². The van der Waals surface area contributed by atoms with Crippen LogP contribution in [0, 0.1) is 0 Å². The summed E-state index contributed by atoms with van der Waals surface area (Å²) in [5.41, 5.74) is 2.56. The molecule has 0 saturated heterocycles. The number of anilines is 1. The minimum absolute atomic E-state index is 0.325. The van der Waals surface area contributed by atoms with E-state index < -0.39 is 23.3 Å². The lowest BCUT2D eigenvalue weighted by molar-refractivity contribution is -0.138. The van der Waals surface area contributed by atoms with Crippen LogP contribution in [0.3, 0.4) is 0 Å². The standard InChI is InChI=1S/C20H19NO5S/c22-20(23)19(13-6-2-1-3-7-13)21(27(24)25)14-10-11-16-15-8-4-5-9-17(15)26-18(16)12-14/h1-3,6-7,10-12,19H,4-5,8-9H2,(H,22,23)(H,24,25). The van der Waals surface area contributed by atoms with Crippen LogP contribution in [0.25, 0.3) is 11.0 Å². The summed E-state index contributed by atoms with van der Waals surface area (Å²) in [6.45, 7) is 0. The monoisotopic (exact) mass is 385 g/mol. The first-order valence-electron chi connectivity index (χ1n) is 8.78. The zero-order valence-electron chi connectivity index (χ0n) is 14.5. The van der Waals surface area contributed by atoms with Crippen molar-refractivity contribution in [3.05, 3.63) is 65.4 Å². The van der Waals surface area contributed by atoms with E-state index in [0.29, 0.717) is 16.8 Å². The van der Waals surface area contributed by atoms with Crippen LogP contribution in [0.4, 0.5) is 5.69 Å². The summed E-state index contributed by atoms with van der Waals surface area (Å²) in [6, 6.07) is 12.3. The topological polar surface area (TPSA) is 91.0 Å². The first-order valence-corrected chi connectivity index (χ1v) is 9.85. The maximum Gasteiger partial charge on any atom is 0.332 e. The summed E-state index contributed by atoms with van der Waals surface area (Å²) in [5, 5.41) is 10.7. The smallest absolute Gasteiger partial charge is 0.332 e. The lowest BCUT2D eigenvalue weighted by Crippen LogP contribution is -2.35. The Labute approximate surface area is 158 Å². The summed E-state index contributed by atoms with van der Waals surface area (Å²) in [5.74, 6) is -0.245. The molecule has 2 unspecified atom stereocenters. The number of rotatable bonds is 5. The van der Waals surface area contributed by atoms with Crippen LogP contribution in [0.5, 0.6) is 0 Å². The third-order valence-electron chi connectivity index (χ3n) is 4.95. The molecule has 0 fully saturated rings. The molecule has 140 valence electrons. The summed E-state index contributed by atoms with van der Waals surface area (Å²) < 4.78 is 28.9. The SMILES string of the molecule is O=C(O)C(c1ccccc1)N(c1ccc2c3c(oc2c1)CCCC3)S(=O)O. The average Bonchev–Trinajstić information content (AvgIpc) is 3.03. The van der Waals surface area contributed by atoms with Crippen LogP contribution >= 0.6 is 0 Å². The van der Waals surface area contributed by atoms with Gasteiger partial charge in [0.15, 0.2) is 6.04 Å². The molecule has 0 bridgehead atoms. The Bertz CT molecular complexity index is 1010. The van der Waals surface area contributed by atoms with Gasteiger partial charge in [-0.05, 0) is 37.0 Å². The molecular formula is C20H19NO5S. The highest BCUT2D eigenvalue weighted by molar-refractivity contribution is 7.80. The zero-order valence-corrected chi connectivity index (χ0v) is 15.3. The molecule has 0 radical (unpaired) electrons. The third-order valence-corrected chi connectivity index (χ3v) is 5.71. The van der Waals surface area contributed by atoms with E-state index in [9.17, 15) is 18.7 Å². The largest absolute Gasteiger partial charge is 0.479 e. The molecule has 1 aromatic heterocycles. The number of carboxylic acids is 1. The van der Waals surface area contributed by atoms with Crippen molar-refractivity contribution in [1.82, 2.24) is 0 Å². The van der Waals surface area contributed by atoms with Crippen molar-refractivity contribution in [2.45, 2.75) is 31.7 Å². The number of aryl methyl sites for hydroxylation is 2. The average molecular weight is 385 g/mol. The molecule has 0 aliphatic heterocycles. The number of fused-ring (bicyclic) bond motifs is 3. The molecule has 0 spiro atoms. The lowest BCUT2D eigenvalue weighted by Gasteiger charge is -2.27. The lowest BCUT2D eigenvalue weighted by atomic mass is 9.96. The van der Waals surface area contributed by atoms with E-state index in [0.717, 1.165) is 41.1 Å². The second kappa shape index (κ2) is 7.17. The van der Waals surface area contributed by atoms with Crippen molar-refractivity contribution >= 4 is 33.9 Å². The van der Waals surface area contributed by atoms with Gasteiger partial charge in [-0.2, -0.15) is 0 Å². The zero-order chi connectivity index (χ0) is 19.0. The molecule has 0 amide bonds. The van der Waals surface area contributed by atoms with Gasteiger partial charge in [0.25, 0.3) is 11.3 Å². The molecule has 3 aromatic rings. The first-order chi connectivity index (χ1) is 13.1. The maximum atomic E-state index is 12.1. The van der Waals surface area contributed by atoms with E-state index in [-0.39, 0.29) is 0 Å². The van der Waals surface area contributed by atoms with Gasteiger partial charge in [0.1, 0.15) is 11.3 Å². The number of nitrogens with zero attached hydrogens (tertiary/aromatic N) is 1. The quantitative estimate of drug-likeness (QED) is 0.646. The Hall–Kier alpha value is -2.64. The van der Waals surface area contributed by atoms with Crippen molar-refractivity contribution in [1.29, 1.82) is 0 Å². The highest BCUT2D eigenvalue weighted by atomic mass is 32.2. The second-order valence-corrected chi connectivity index (χ2v) is 7.45. The van der Waals surface area contributed by atoms with E-state index in [2.05, 4.69) is 0 Å². The summed E-state index contributed by atoms with van der Waals surface area (Å²) in [4.78, 5) is 11.9. The van der Waals surface area contributed by atoms with Crippen LogP contribution in [0.2, 0.25) is 0 Å². The number of carbonyl (C=O) groups is 1. The Balaban J connectivity index is 1.82. The summed E-state index contributed by atoms with van der Waals surface area (Å²) in [7, 11) is 0. The Morgan fingerprint density at radius 1 is 1.11 bits per heavy atom. The number of hydrogen-bond donors (Lipinski definition) is 2. The molecule has 6 nitrogen and oxygen atoms in total. The fourth-order valence-corrected chi connectivity index (χ4v) is 4.42. The number of hydrogen-bond acceptors (Lipinski definition) is 3. The second-order valence-electron chi connectivity index (χ2n) is 6.60. The van der Waals surface area contributed by atoms with Gasteiger partial charge in [0.2, 0.25) is 0 Å². The van der Waals surface area contributed by atoms with Gasteiger partial charge in [-0.15, -0.1) is 0 Å². The Morgan fingerprint density at radius 3 is 2.56 bits per heavy atom. The molecule has 1 heterocycles. The van der Waals surface area contributed by atoms with Gasteiger partial charge in [0, 0.05) is 23.4 Å². The van der Waals surface area contributed by atoms with Crippen LogP contribution in [-0.2, 0) is 28.9 Å². The molecular weight excluding hydrogens is 366 g/mol. The van der Waals surface area contributed by atoms with Gasteiger partial charge < -0.3 is 9.52 Å². The highest BCUT2D eigenvalue weighted by Gasteiger charge is 2.32. The minimum atomic E-state index is -2.53. The summed E-state index contributed by atoms with van der Waals surface area (Å²) >= 11 is -2.53. The number of aliphatic carboxylic acids is 1. The molecule has 0 saturated carbocycles. The maximum absolute atomic E-state index is 12.1. The molecule has 27 heavy (non-hydrogen) atoms. The number of benzene rings is 2. The number of furan rings is 1. The normalized spacial score (nSPS) is 15.9. The van der Waals surface area contributed by atoms with Gasteiger partial charge >= 0.3 is 5.97 Å². The van der Waals surface area contributed by atoms with E-state index in [1.165, 1.54) is 5.56 Å². The Morgan fingerprint density at radius 2 is 1.85 bits per heavy atom. The molecule has 2 atom stereocenters. The fourth-order valence-electron chi connectivity index (χ4n) is 3.73. The molecule has 7 heteroatoms. The van der Waals surface area contributed by atoms with Gasteiger partial charge in [-0.3, -0.25) is 8.86 Å². The molecule has 4 rings (SSSR count). The van der Waals surface area contributed by atoms with Crippen LogP contribution < -0.4 is 4.31 Å². The van der Waals surface area contributed by atoms with Crippen molar-refractivity contribution in [2.75, 3.05) is 4.31 Å². The molecule has 2 N–H and O–H groups in total. The Kier molecular flexibility index (Phi) is 4.72. The van der Waals surface area contributed by atoms with Crippen molar-refractivity contribution in [3.63, 3.8) is 0 Å². The van der Waals surface area contributed by atoms with Gasteiger partial charge in [0.05, 0.1) is 5.69 Å². The first kappa shape index (κ1) is 17.8. The molecule has 2 aromatic carbocycles. The fraction of sp³-hybridized carbons (Fsp3) is 0.250. The number of carboxylic acid groups (broad SMARTS) is 1. The van der Waals surface area contributed by atoms with Gasteiger partial charge in [-0.1, -0.05) is 30.3 Å². The van der Waals surface area contributed by atoms with E-state index >= 15 is 0 Å². The van der Waals surface area contributed by atoms with Gasteiger partial charge in [-0.25, -0.2) is 9.00 Å². The summed E-state index contributed by atoms with van der Waals surface area (Å²) in [6.07, 6.45) is 4.04. The molecule has 1 aliphatic rings. The van der Waals surface area contributed by atoms with Crippen molar-refractivity contribution < 1.29 is 23.1 Å². The van der Waals surface area contributed by atoms with Crippen LogP contribution in [-0.4, -0.2) is 19.8 Å². The highest BCUT2D eigenvalue weighted by Crippen LogP contribution is 2.36. The van der Waals surface area contributed by atoms with Crippen LogP contribution in [0.1, 0.15) is 35.8 Å². The third kappa shape index (κ3) is 3.24. The van der Waals surface area contributed by atoms with Crippen LogP contribution in [0.15, 0.2) is 52.9 Å². The van der Waals surface area contributed by atoms with E-state index in [1.54, 1.807) is 42.5 Å². The minimum Gasteiger partial charge on any atom is -0.479 e. The van der Waals surface area contributed by atoms with Crippen molar-refractivity contribution in [2.24, 2.45) is 0 Å². The molecule has 1 aliphatic carbocycles.